The first kappa shape index (κ1) is 41.8. The zero-order valence-electron chi connectivity index (χ0n) is 41.0. The van der Waals surface area contributed by atoms with Crippen LogP contribution < -0.4 is 4.90 Å². The highest BCUT2D eigenvalue weighted by Crippen LogP contribution is 2.64. The van der Waals surface area contributed by atoms with E-state index in [0.29, 0.717) is 0 Å². The quantitative estimate of drug-likeness (QED) is 0.151. The monoisotopic (exact) mass is 950 g/mol. The van der Waals surface area contributed by atoms with E-state index < -0.39 is 5.41 Å². The minimum absolute atomic E-state index is 0.546. The lowest BCUT2D eigenvalue weighted by Gasteiger charge is -2.33. The number of nitrogens with zero attached hydrogens (tertiary/aromatic N) is 2. The normalized spacial score (nSPS) is 12.9. The van der Waals surface area contributed by atoms with Crippen molar-refractivity contribution in [2.45, 2.75) is 5.41 Å². The van der Waals surface area contributed by atoms with Gasteiger partial charge in [0, 0.05) is 33.4 Å². The lowest BCUT2D eigenvalue weighted by Crippen LogP contribution is -2.26. The van der Waals surface area contributed by atoms with E-state index in [4.69, 9.17) is 0 Å². The Morgan fingerprint density at radius 1 is 0.253 bits per heavy atom. The molecule has 2 aliphatic rings. The van der Waals surface area contributed by atoms with Gasteiger partial charge in [0.25, 0.3) is 0 Å². The highest BCUT2D eigenvalue weighted by atomic mass is 15.1. The van der Waals surface area contributed by atoms with Gasteiger partial charge in [-0.15, -0.1) is 0 Å². The standard InChI is InChI=1S/C73H46N2/c1-3-20-47(21-4-1)48-22-19-25-51(42-48)74(52-39-40-57-55-28-8-7-26-53(55)54-27-9-10-29-56(54)63(57)44-52)72-46-69-64(60-32-13-17-36-68(60)73(69)66-34-15-11-30-58(66)59-31-12-16-35-67(59)73)45-62(72)49-38-41-71-65(43-49)61-33-14-18-37-70(61)75(71)50-23-5-2-6-24-50/h1-46H. The molecule has 13 aromatic carbocycles. The molecule has 0 unspecified atom stereocenters. The van der Waals surface area contributed by atoms with Crippen LogP contribution in [0.2, 0.25) is 0 Å². The molecule has 2 nitrogen and oxygen atoms in total. The molecule has 16 rings (SSSR count). The molecule has 348 valence electrons. The number of anilines is 3. The summed E-state index contributed by atoms with van der Waals surface area (Å²) in [6, 6.07) is 104. The molecule has 0 aliphatic heterocycles. The van der Waals surface area contributed by atoms with Gasteiger partial charge in [-0.05, 0) is 160 Å². The molecule has 75 heavy (non-hydrogen) atoms. The maximum atomic E-state index is 2.58. The molecule has 14 aromatic rings. The summed E-state index contributed by atoms with van der Waals surface area (Å²) >= 11 is 0. The summed E-state index contributed by atoms with van der Waals surface area (Å²) in [6.45, 7) is 0. The molecule has 0 atom stereocenters. The van der Waals surface area contributed by atoms with Crippen molar-refractivity contribution in [3.05, 3.63) is 301 Å². The first-order chi connectivity index (χ1) is 37.2. The summed E-state index contributed by atoms with van der Waals surface area (Å²) < 4.78 is 2.41. The summed E-state index contributed by atoms with van der Waals surface area (Å²) in [4.78, 5) is 2.56. The second kappa shape index (κ2) is 16.1. The largest absolute Gasteiger partial charge is 0.310 e. The Balaban J connectivity index is 1.05. The number of fused-ring (bicyclic) bond motifs is 19. The van der Waals surface area contributed by atoms with Crippen LogP contribution in [0.15, 0.2) is 279 Å². The summed E-state index contributed by atoms with van der Waals surface area (Å²) in [5.74, 6) is 0. The topological polar surface area (TPSA) is 8.17 Å². The molecule has 1 spiro atoms. The van der Waals surface area contributed by atoms with Gasteiger partial charge in [-0.3, -0.25) is 0 Å². The van der Waals surface area contributed by atoms with E-state index in [1.54, 1.807) is 0 Å². The van der Waals surface area contributed by atoms with Crippen molar-refractivity contribution in [2.24, 2.45) is 0 Å². The molecule has 0 fully saturated rings. The van der Waals surface area contributed by atoms with Crippen molar-refractivity contribution in [3.8, 4) is 50.2 Å². The summed E-state index contributed by atoms with van der Waals surface area (Å²) in [7, 11) is 0. The van der Waals surface area contributed by atoms with Crippen LogP contribution in [0.25, 0.3) is 104 Å². The van der Waals surface area contributed by atoms with Gasteiger partial charge in [-0.1, -0.05) is 212 Å². The lowest BCUT2D eigenvalue weighted by molar-refractivity contribution is 0.794. The third-order valence-electron chi connectivity index (χ3n) is 16.5. The fourth-order valence-corrected chi connectivity index (χ4v) is 13.5. The Hall–Kier alpha value is -9.76. The van der Waals surface area contributed by atoms with Crippen LogP contribution >= 0.6 is 0 Å². The van der Waals surface area contributed by atoms with Crippen molar-refractivity contribution in [2.75, 3.05) is 4.90 Å². The maximum Gasteiger partial charge on any atom is 0.0726 e. The molecule has 1 heterocycles. The molecule has 0 bridgehead atoms. The number of benzene rings is 13. The molecule has 1 aromatic heterocycles. The minimum Gasteiger partial charge on any atom is -0.310 e. The second-order valence-corrected chi connectivity index (χ2v) is 20.3. The first-order valence-electron chi connectivity index (χ1n) is 26.1. The van der Waals surface area contributed by atoms with Crippen LogP contribution in [0.1, 0.15) is 22.3 Å². The fraction of sp³-hybridized carbons (Fsp3) is 0.0137. The summed E-state index contributed by atoms with van der Waals surface area (Å²) in [5, 5.41) is 9.95. The SMILES string of the molecule is c1ccc(-c2cccc(N(c3ccc4c5ccccc5c5ccccc5c4c3)c3cc4c(cc3-c3ccc5c(c3)c3ccccc3n5-c3ccccc3)-c3ccccc3C43c4ccccc4-c4ccccc43)c2)cc1. The van der Waals surface area contributed by atoms with Gasteiger partial charge < -0.3 is 9.47 Å². The predicted molar refractivity (Wildman–Crippen MR) is 315 cm³/mol. The third-order valence-corrected chi connectivity index (χ3v) is 16.5. The average Bonchev–Trinajstić information content (AvgIpc) is 4.25. The Kier molecular flexibility index (Phi) is 8.99. The van der Waals surface area contributed by atoms with Gasteiger partial charge >= 0.3 is 0 Å². The smallest absolute Gasteiger partial charge is 0.0726 e. The first-order valence-corrected chi connectivity index (χ1v) is 26.1. The Bertz CT molecular complexity index is 4580. The Labute approximate surface area is 435 Å². The van der Waals surface area contributed by atoms with E-state index in [1.165, 1.54) is 104 Å². The molecular weight excluding hydrogens is 905 g/mol. The number of para-hydroxylation sites is 2. The highest BCUT2D eigenvalue weighted by molar-refractivity contribution is 6.26. The van der Waals surface area contributed by atoms with E-state index in [1.807, 2.05) is 0 Å². The van der Waals surface area contributed by atoms with Gasteiger partial charge in [0.05, 0.1) is 22.1 Å². The van der Waals surface area contributed by atoms with Crippen molar-refractivity contribution in [3.63, 3.8) is 0 Å². The maximum absolute atomic E-state index is 2.58. The Morgan fingerprint density at radius 2 is 0.760 bits per heavy atom. The third kappa shape index (κ3) is 5.97. The zero-order valence-corrected chi connectivity index (χ0v) is 41.0. The molecule has 0 N–H and O–H groups in total. The van der Waals surface area contributed by atoms with Gasteiger partial charge in [0.1, 0.15) is 0 Å². The van der Waals surface area contributed by atoms with E-state index in [2.05, 4.69) is 289 Å². The molecular formula is C73H46N2. The van der Waals surface area contributed by atoms with Crippen LogP contribution in [-0.4, -0.2) is 4.57 Å². The molecule has 0 saturated carbocycles. The van der Waals surface area contributed by atoms with E-state index in [0.717, 1.165) is 39.4 Å². The van der Waals surface area contributed by atoms with E-state index in [9.17, 15) is 0 Å². The van der Waals surface area contributed by atoms with Gasteiger partial charge in [0.15, 0.2) is 0 Å². The lowest BCUT2D eigenvalue weighted by atomic mass is 9.70. The zero-order chi connectivity index (χ0) is 49.2. The van der Waals surface area contributed by atoms with Crippen LogP contribution in [0, 0.1) is 0 Å². The highest BCUT2D eigenvalue weighted by Gasteiger charge is 2.52. The number of hydrogen-bond donors (Lipinski definition) is 0. The summed E-state index contributed by atoms with van der Waals surface area (Å²) in [6.07, 6.45) is 0. The fourth-order valence-electron chi connectivity index (χ4n) is 13.5. The predicted octanol–water partition coefficient (Wildman–Crippen LogP) is 19.4. The molecule has 2 heteroatoms. The van der Waals surface area contributed by atoms with Crippen molar-refractivity contribution >= 4 is 71.2 Å². The number of rotatable bonds is 6. The van der Waals surface area contributed by atoms with E-state index in [-0.39, 0.29) is 0 Å². The summed E-state index contributed by atoms with van der Waals surface area (Å²) in [5.41, 5.74) is 21.3. The molecule has 0 amide bonds. The second-order valence-electron chi connectivity index (χ2n) is 20.3. The van der Waals surface area contributed by atoms with Crippen LogP contribution in [-0.2, 0) is 5.41 Å². The number of hydrogen-bond acceptors (Lipinski definition) is 1. The number of aromatic nitrogens is 1. The molecule has 0 radical (unpaired) electrons. The average molecular weight is 951 g/mol. The Morgan fingerprint density at radius 3 is 1.43 bits per heavy atom. The van der Waals surface area contributed by atoms with E-state index >= 15 is 0 Å². The van der Waals surface area contributed by atoms with Gasteiger partial charge in [0.2, 0.25) is 0 Å². The molecule has 0 saturated heterocycles. The van der Waals surface area contributed by atoms with Crippen LogP contribution in [0.4, 0.5) is 17.1 Å². The minimum atomic E-state index is -0.546. The van der Waals surface area contributed by atoms with Crippen LogP contribution in [0.5, 0.6) is 0 Å². The van der Waals surface area contributed by atoms with Crippen molar-refractivity contribution < 1.29 is 0 Å². The van der Waals surface area contributed by atoms with Crippen molar-refractivity contribution in [1.29, 1.82) is 0 Å². The van der Waals surface area contributed by atoms with Crippen LogP contribution in [0.3, 0.4) is 0 Å². The van der Waals surface area contributed by atoms with Crippen molar-refractivity contribution in [1.82, 2.24) is 4.57 Å². The van der Waals surface area contributed by atoms with Gasteiger partial charge in [-0.2, -0.15) is 0 Å². The molecule has 2 aliphatic carbocycles. The van der Waals surface area contributed by atoms with Gasteiger partial charge in [-0.25, -0.2) is 0 Å².